The lowest BCUT2D eigenvalue weighted by atomic mass is 9.73. The Kier molecular flexibility index (Phi) is 3.88. The van der Waals surface area contributed by atoms with Crippen LogP contribution in [-0.4, -0.2) is 12.1 Å². The third kappa shape index (κ3) is 2.34. The van der Waals surface area contributed by atoms with Crippen LogP contribution in [0.3, 0.4) is 0 Å². The second kappa shape index (κ2) is 5.41. The minimum absolute atomic E-state index is 0.0504. The van der Waals surface area contributed by atoms with E-state index in [2.05, 4.69) is 18.3 Å². The normalized spacial score (nSPS) is 27.5. The van der Waals surface area contributed by atoms with Crippen molar-refractivity contribution in [3.05, 3.63) is 29.8 Å². The van der Waals surface area contributed by atoms with Crippen LogP contribution in [0.2, 0.25) is 0 Å². The van der Waals surface area contributed by atoms with Crippen LogP contribution in [0.4, 0.5) is 5.69 Å². The van der Waals surface area contributed by atoms with E-state index in [-0.39, 0.29) is 5.54 Å². The molecule has 0 radical (unpaired) electrons. The third-order valence-electron chi connectivity index (χ3n) is 4.25. The molecule has 2 atom stereocenters. The summed E-state index contributed by atoms with van der Waals surface area (Å²) in [4.78, 5) is 0. The van der Waals surface area contributed by atoms with E-state index in [4.69, 9.17) is 11.0 Å². The molecule has 2 unspecified atom stereocenters. The first kappa shape index (κ1) is 12.9. The summed E-state index contributed by atoms with van der Waals surface area (Å²) < 4.78 is 0. The molecule has 1 aliphatic carbocycles. The first-order valence-electron chi connectivity index (χ1n) is 6.69. The van der Waals surface area contributed by atoms with Crippen molar-refractivity contribution in [1.82, 2.24) is 0 Å². The van der Waals surface area contributed by atoms with Crippen molar-refractivity contribution in [1.29, 1.82) is 5.26 Å². The number of nitrogens with two attached hydrogens (primary N) is 1. The van der Waals surface area contributed by atoms with Crippen LogP contribution in [0.15, 0.2) is 24.3 Å². The predicted octanol–water partition coefficient (Wildman–Crippen LogP) is 2.88. The van der Waals surface area contributed by atoms with E-state index in [0.29, 0.717) is 18.0 Å². The van der Waals surface area contributed by atoms with Gasteiger partial charge in [0.2, 0.25) is 0 Å². The highest BCUT2D eigenvalue weighted by Crippen LogP contribution is 2.36. The van der Waals surface area contributed by atoms with E-state index >= 15 is 0 Å². The SMILES string of the molecule is CC1CCCCC1(CN)Nc1ccccc1C#N. The van der Waals surface area contributed by atoms with Crippen LogP contribution < -0.4 is 11.1 Å². The van der Waals surface area contributed by atoms with Gasteiger partial charge in [-0.3, -0.25) is 0 Å². The zero-order valence-electron chi connectivity index (χ0n) is 10.9. The molecule has 3 heteroatoms. The van der Waals surface area contributed by atoms with Crippen molar-refractivity contribution in [2.45, 2.75) is 38.1 Å². The van der Waals surface area contributed by atoms with Crippen molar-refractivity contribution in [3.8, 4) is 6.07 Å². The molecule has 0 aliphatic heterocycles. The quantitative estimate of drug-likeness (QED) is 0.858. The maximum absolute atomic E-state index is 9.15. The Morgan fingerprint density at radius 2 is 2.22 bits per heavy atom. The molecule has 0 spiro atoms. The smallest absolute Gasteiger partial charge is 0.101 e. The van der Waals surface area contributed by atoms with Gasteiger partial charge < -0.3 is 11.1 Å². The summed E-state index contributed by atoms with van der Waals surface area (Å²) in [6.45, 7) is 2.88. The van der Waals surface area contributed by atoms with E-state index in [0.717, 1.165) is 12.1 Å². The van der Waals surface area contributed by atoms with Crippen molar-refractivity contribution in [3.63, 3.8) is 0 Å². The molecule has 0 amide bonds. The molecule has 1 aliphatic rings. The average Bonchev–Trinajstić information content (AvgIpc) is 2.42. The van der Waals surface area contributed by atoms with Gasteiger partial charge in [-0.1, -0.05) is 31.9 Å². The summed E-state index contributed by atoms with van der Waals surface area (Å²) in [5.41, 5.74) is 7.59. The van der Waals surface area contributed by atoms with E-state index in [1.807, 2.05) is 24.3 Å². The summed E-state index contributed by atoms with van der Waals surface area (Å²) in [6.07, 6.45) is 4.79. The summed E-state index contributed by atoms with van der Waals surface area (Å²) in [7, 11) is 0. The van der Waals surface area contributed by atoms with Gasteiger partial charge in [-0.25, -0.2) is 0 Å². The number of nitrogens with one attached hydrogen (secondary N) is 1. The fourth-order valence-electron chi connectivity index (χ4n) is 2.91. The van der Waals surface area contributed by atoms with Crippen molar-refractivity contribution < 1.29 is 0 Å². The van der Waals surface area contributed by atoms with Crippen LogP contribution in [0, 0.1) is 17.2 Å². The number of hydrogen-bond acceptors (Lipinski definition) is 3. The standard InChI is InChI=1S/C15H21N3/c1-12-6-4-5-9-15(12,11-17)18-14-8-3-2-7-13(14)10-16/h2-3,7-8,12,18H,4-6,9,11,17H2,1H3. The molecule has 3 N–H and O–H groups in total. The van der Waals surface area contributed by atoms with Gasteiger partial charge in [0.25, 0.3) is 0 Å². The summed E-state index contributed by atoms with van der Waals surface area (Å²) in [5.74, 6) is 0.544. The molecule has 1 aromatic carbocycles. The lowest BCUT2D eigenvalue weighted by molar-refractivity contribution is 0.235. The van der Waals surface area contributed by atoms with Crippen LogP contribution in [-0.2, 0) is 0 Å². The Morgan fingerprint density at radius 1 is 1.44 bits per heavy atom. The van der Waals surface area contributed by atoms with Gasteiger partial charge in [-0.15, -0.1) is 0 Å². The highest BCUT2D eigenvalue weighted by molar-refractivity contribution is 5.58. The largest absolute Gasteiger partial charge is 0.377 e. The Labute approximate surface area is 109 Å². The zero-order valence-corrected chi connectivity index (χ0v) is 10.9. The highest BCUT2D eigenvalue weighted by atomic mass is 15.0. The molecule has 96 valence electrons. The molecule has 1 saturated carbocycles. The van der Waals surface area contributed by atoms with Gasteiger partial charge in [-0.2, -0.15) is 5.26 Å². The molecular weight excluding hydrogens is 222 g/mol. The molecule has 0 heterocycles. The van der Waals surface area contributed by atoms with Crippen LogP contribution >= 0.6 is 0 Å². The number of anilines is 1. The lowest BCUT2D eigenvalue weighted by Crippen LogP contribution is -2.52. The first-order valence-corrected chi connectivity index (χ1v) is 6.69. The fraction of sp³-hybridized carbons (Fsp3) is 0.533. The van der Waals surface area contributed by atoms with Crippen molar-refractivity contribution in [2.24, 2.45) is 11.7 Å². The third-order valence-corrected chi connectivity index (χ3v) is 4.25. The summed E-state index contributed by atoms with van der Waals surface area (Å²) in [6, 6.07) is 9.91. The zero-order chi connectivity index (χ0) is 13.0. The number of nitrogens with zero attached hydrogens (tertiary/aromatic N) is 1. The van der Waals surface area contributed by atoms with Gasteiger partial charge in [0.05, 0.1) is 16.8 Å². The van der Waals surface area contributed by atoms with Gasteiger partial charge in [0.1, 0.15) is 6.07 Å². The summed E-state index contributed by atoms with van der Waals surface area (Å²) >= 11 is 0. The molecule has 1 aromatic rings. The van der Waals surface area contributed by atoms with Crippen molar-refractivity contribution in [2.75, 3.05) is 11.9 Å². The van der Waals surface area contributed by atoms with Gasteiger partial charge in [0.15, 0.2) is 0 Å². The first-order chi connectivity index (χ1) is 8.72. The molecule has 3 nitrogen and oxygen atoms in total. The highest BCUT2D eigenvalue weighted by Gasteiger charge is 2.37. The van der Waals surface area contributed by atoms with Crippen LogP contribution in [0.1, 0.15) is 38.2 Å². The minimum Gasteiger partial charge on any atom is -0.377 e. The maximum atomic E-state index is 9.15. The maximum Gasteiger partial charge on any atom is 0.101 e. The molecule has 0 saturated heterocycles. The number of para-hydroxylation sites is 1. The Morgan fingerprint density at radius 3 is 2.89 bits per heavy atom. The monoisotopic (exact) mass is 243 g/mol. The van der Waals surface area contributed by atoms with Gasteiger partial charge >= 0.3 is 0 Å². The second-order valence-electron chi connectivity index (χ2n) is 5.29. The Bertz CT molecular complexity index is 449. The average molecular weight is 243 g/mol. The molecule has 2 rings (SSSR count). The Balaban J connectivity index is 2.27. The van der Waals surface area contributed by atoms with E-state index < -0.39 is 0 Å². The number of rotatable bonds is 3. The molecule has 18 heavy (non-hydrogen) atoms. The predicted molar refractivity (Wildman–Crippen MR) is 74.2 cm³/mol. The molecular formula is C15H21N3. The molecule has 1 fully saturated rings. The van der Waals surface area contributed by atoms with E-state index in [1.54, 1.807) is 0 Å². The van der Waals surface area contributed by atoms with E-state index in [9.17, 15) is 0 Å². The lowest BCUT2D eigenvalue weighted by Gasteiger charge is -2.43. The number of nitriles is 1. The number of hydrogen-bond donors (Lipinski definition) is 2. The van der Waals surface area contributed by atoms with Gasteiger partial charge in [0, 0.05) is 6.54 Å². The number of benzene rings is 1. The van der Waals surface area contributed by atoms with Gasteiger partial charge in [-0.05, 0) is 30.9 Å². The molecule has 0 aromatic heterocycles. The van der Waals surface area contributed by atoms with Crippen LogP contribution in [0.5, 0.6) is 0 Å². The summed E-state index contributed by atoms with van der Waals surface area (Å²) in [5, 5.41) is 12.7. The minimum atomic E-state index is -0.0504. The second-order valence-corrected chi connectivity index (χ2v) is 5.29. The topological polar surface area (TPSA) is 61.8 Å². The van der Waals surface area contributed by atoms with E-state index in [1.165, 1.54) is 19.3 Å². The van der Waals surface area contributed by atoms with Crippen molar-refractivity contribution >= 4 is 5.69 Å². The molecule has 0 bridgehead atoms. The Hall–Kier alpha value is -1.53. The van der Waals surface area contributed by atoms with Crippen LogP contribution in [0.25, 0.3) is 0 Å². The fourth-order valence-corrected chi connectivity index (χ4v) is 2.91.